The number of amides is 2. The maximum Gasteiger partial charge on any atom is 0.416 e. The summed E-state index contributed by atoms with van der Waals surface area (Å²) >= 11 is 12.6. The molecule has 0 saturated heterocycles. The number of alkyl halides is 3. The van der Waals surface area contributed by atoms with Gasteiger partial charge in [0.15, 0.2) is 0 Å². The number of urea groups is 1. The molecule has 1 heterocycles. The van der Waals surface area contributed by atoms with Gasteiger partial charge in [-0.3, -0.25) is 4.79 Å². The molecule has 4 aromatic carbocycles. The number of esters is 1. The van der Waals surface area contributed by atoms with Gasteiger partial charge in [0.2, 0.25) is 0 Å². The summed E-state index contributed by atoms with van der Waals surface area (Å²) in [7, 11) is 2.75. The van der Waals surface area contributed by atoms with Crippen molar-refractivity contribution in [2.45, 2.75) is 12.7 Å². The Bertz CT molecular complexity index is 1960. The summed E-state index contributed by atoms with van der Waals surface area (Å²) in [6, 6.07) is 24.4. The van der Waals surface area contributed by atoms with E-state index in [1.165, 1.54) is 25.1 Å². The highest BCUT2D eigenvalue weighted by Crippen LogP contribution is 2.33. The fraction of sp³-hybridized carbons (Fsp3) is 0.139. The number of ether oxygens (including phenoxy) is 1. The Balaban J connectivity index is 1.37. The number of benzene rings is 4. The van der Waals surface area contributed by atoms with Gasteiger partial charge in [-0.25, -0.2) is 9.78 Å². The molecule has 7 nitrogen and oxygen atoms in total. The second-order valence-corrected chi connectivity index (χ2v) is 11.7. The van der Waals surface area contributed by atoms with Crippen LogP contribution in [0.25, 0.3) is 34.5 Å². The normalized spacial score (nSPS) is 11.5. The third-order valence-electron chi connectivity index (χ3n) is 7.37. The number of anilines is 1. The zero-order chi connectivity index (χ0) is 34.4. The van der Waals surface area contributed by atoms with Gasteiger partial charge in [-0.1, -0.05) is 77.8 Å². The molecule has 48 heavy (non-hydrogen) atoms. The first-order valence-electron chi connectivity index (χ1n) is 14.6. The largest absolute Gasteiger partial charge is 0.468 e. The Morgan fingerprint density at radius 1 is 0.938 bits per heavy atom. The van der Waals surface area contributed by atoms with Crippen LogP contribution in [0, 0.1) is 0 Å². The van der Waals surface area contributed by atoms with Crippen molar-refractivity contribution in [2.75, 3.05) is 26.0 Å². The summed E-state index contributed by atoms with van der Waals surface area (Å²) < 4.78 is 46.2. The molecule has 0 saturated carbocycles. The number of imidazole rings is 1. The number of nitrogens with one attached hydrogen (secondary N) is 1. The van der Waals surface area contributed by atoms with E-state index in [0.717, 1.165) is 23.3 Å². The first-order valence-corrected chi connectivity index (χ1v) is 15.3. The molecule has 0 bridgehead atoms. The summed E-state index contributed by atoms with van der Waals surface area (Å²) in [6.45, 7) is 0.250. The van der Waals surface area contributed by atoms with Crippen LogP contribution in [-0.2, 0) is 22.3 Å². The van der Waals surface area contributed by atoms with Gasteiger partial charge in [0.05, 0.1) is 23.4 Å². The predicted octanol–water partition coefficient (Wildman–Crippen LogP) is 9.40. The summed E-state index contributed by atoms with van der Waals surface area (Å²) in [6.07, 6.45) is 1.17. The molecule has 0 unspecified atom stereocenters. The van der Waals surface area contributed by atoms with Gasteiger partial charge in [0.1, 0.15) is 12.4 Å². The Hall–Kier alpha value is -5.06. The Morgan fingerprint density at radius 3 is 2.33 bits per heavy atom. The van der Waals surface area contributed by atoms with E-state index in [4.69, 9.17) is 28.2 Å². The molecule has 0 fully saturated rings. The van der Waals surface area contributed by atoms with Crippen LogP contribution < -0.4 is 5.32 Å². The lowest BCUT2D eigenvalue weighted by Crippen LogP contribution is -2.35. The van der Waals surface area contributed by atoms with Crippen LogP contribution >= 0.6 is 23.2 Å². The number of hydrogen-bond acceptors (Lipinski definition) is 4. The van der Waals surface area contributed by atoms with Gasteiger partial charge in [-0.15, -0.1) is 0 Å². The summed E-state index contributed by atoms with van der Waals surface area (Å²) in [4.78, 5) is 30.0. The first kappa shape index (κ1) is 34.3. The number of methoxy groups -OCH3 is 1. The molecule has 5 rings (SSSR count). The molecule has 0 radical (unpaired) electrons. The van der Waals surface area contributed by atoms with Gasteiger partial charge in [-0.2, -0.15) is 13.2 Å². The van der Waals surface area contributed by atoms with Crippen LogP contribution in [0.5, 0.6) is 0 Å². The molecule has 2 amide bonds. The zero-order valence-corrected chi connectivity index (χ0v) is 27.3. The lowest BCUT2D eigenvalue weighted by molar-refractivity contribution is -0.141. The van der Waals surface area contributed by atoms with Gasteiger partial charge < -0.3 is 19.5 Å². The highest BCUT2D eigenvalue weighted by atomic mass is 35.5. The second kappa shape index (κ2) is 14.8. The highest BCUT2D eigenvalue weighted by Gasteiger charge is 2.30. The molecular formula is C36H29Cl2F3N4O3. The fourth-order valence-corrected chi connectivity index (χ4v) is 5.29. The van der Waals surface area contributed by atoms with E-state index >= 15 is 0 Å². The van der Waals surface area contributed by atoms with E-state index in [1.807, 2.05) is 47.2 Å². The monoisotopic (exact) mass is 692 g/mol. The average molecular weight is 694 g/mol. The lowest BCUT2D eigenvalue weighted by atomic mass is 10.0. The Morgan fingerprint density at radius 2 is 1.67 bits per heavy atom. The third kappa shape index (κ3) is 8.64. The maximum atomic E-state index is 13.2. The second-order valence-electron chi connectivity index (χ2n) is 10.8. The molecule has 0 aliphatic carbocycles. The zero-order valence-electron chi connectivity index (χ0n) is 25.8. The first-order chi connectivity index (χ1) is 22.9. The van der Waals surface area contributed by atoms with Crippen LogP contribution in [0.15, 0.2) is 97.2 Å². The minimum Gasteiger partial charge on any atom is -0.468 e. The average Bonchev–Trinajstić information content (AvgIpc) is 3.46. The minimum atomic E-state index is -4.42. The van der Waals surface area contributed by atoms with Crippen LogP contribution in [0.3, 0.4) is 0 Å². The lowest BCUT2D eigenvalue weighted by Gasteiger charge is -2.16. The molecule has 1 aromatic heterocycles. The molecule has 0 atom stereocenters. The number of carbonyl (C=O) groups is 2. The van der Waals surface area contributed by atoms with E-state index in [1.54, 1.807) is 48.5 Å². The highest BCUT2D eigenvalue weighted by molar-refractivity contribution is 6.36. The summed E-state index contributed by atoms with van der Waals surface area (Å²) in [5.74, 6) is 0.0966. The Kier molecular flexibility index (Phi) is 10.6. The number of hydrogen-bond donors (Lipinski definition) is 1. The predicted molar refractivity (Wildman–Crippen MR) is 183 cm³/mol. The van der Waals surface area contributed by atoms with Gasteiger partial charge in [0, 0.05) is 36.1 Å². The van der Waals surface area contributed by atoms with Crippen molar-refractivity contribution in [1.29, 1.82) is 0 Å². The number of halogens is 5. The summed E-state index contributed by atoms with van der Waals surface area (Å²) in [5, 5.41) is 3.70. The third-order valence-corrected chi connectivity index (χ3v) is 7.92. The standard InChI is InChI=1S/C36H29Cl2F3N4O3/c1-44(22-34(46)48-2)35(47)42-29-14-8-24(9-15-29)20-45-21-32(30-16-13-28(37)19-31(30)38)43-33(45)17-10-23-6-11-25(12-7-23)26-4-3-5-27(18-26)36(39,40)41/h3-19,21H,20,22H2,1-2H3,(H,42,47)/b17-10+. The number of aromatic nitrogens is 2. The molecule has 0 aliphatic rings. The maximum absolute atomic E-state index is 13.2. The van der Waals surface area contributed by atoms with Crippen LogP contribution in [0.2, 0.25) is 10.0 Å². The van der Waals surface area contributed by atoms with Gasteiger partial charge in [0.25, 0.3) is 0 Å². The number of likely N-dealkylation sites (N-methyl/N-ethyl adjacent to an activating group) is 1. The smallest absolute Gasteiger partial charge is 0.416 e. The summed E-state index contributed by atoms with van der Waals surface area (Å²) in [5.41, 5.74) is 4.06. The molecule has 0 spiro atoms. The number of rotatable bonds is 9. The quantitative estimate of drug-likeness (QED) is 0.156. The van der Waals surface area contributed by atoms with Crippen LogP contribution in [-0.4, -0.2) is 47.2 Å². The molecule has 0 aliphatic heterocycles. The topological polar surface area (TPSA) is 76.5 Å². The molecular weight excluding hydrogens is 664 g/mol. The van der Waals surface area contributed by atoms with Crippen molar-refractivity contribution in [3.05, 3.63) is 130 Å². The van der Waals surface area contributed by atoms with E-state index < -0.39 is 23.7 Å². The van der Waals surface area contributed by atoms with E-state index in [2.05, 4.69) is 10.1 Å². The van der Waals surface area contributed by atoms with Crippen molar-refractivity contribution >= 4 is 53.0 Å². The molecule has 5 aromatic rings. The van der Waals surface area contributed by atoms with E-state index in [9.17, 15) is 22.8 Å². The van der Waals surface area contributed by atoms with Gasteiger partial charge in [-0.05, 0) is 70.8 Å². The Labute approximate surface area is 285 Å². The van der Waals surface area contributed by atoms with Crippen molar-refractivity contribution in [3.8, 4) is 22.4 Å². The molecule has 12 heteroatoms. The number of carbonyl (C=O) groups excluding carboxylic acids is 2. The minimum absolute atomic E-state index is 0.183. The van der Waals surface area contributed by atoms with Crippen molar-refractivity contribution in [1.82, 2.24) is 14.5 Å². The van der Waals surface area contributed by atoms with Gasteiger partial charge >= 0.3 is 18.2 Å². The SMILES string of the molecule is COC(=O)CN(C)C(=O)Nc1ccc(Cn2cc(-c3ccc(Cl)cc3Cl)nc2/C=C/c2ccc(-c3cccc(C(F)(F)F)c3)cc2)cc1. The van der Waals surface area contributed by atoms with Crippen molar-refractivity contribution in [3.63, 3.8) is 0 Å². The fourth-order valence-electron chi connectivity index (χ4n) is 4.79. The number of nitrogens with zero attached hydrogens (tertiary/aromatic N) is 3. The van der Waals surface area contributed by atoms with Crippen molar-refractivity contribution < 1.29 is 27.5 Å². The van der Waals surface area contributed by atoms with E-state index in [-0.39, 0.29) is 6.54 Å². The molecule has 1 N–H and O–H groups in total. The van der Waals surface area contributed by atoms with Crippen LogP contribution in [0.1, 0.15) is 22.5 Å². The molecule has 246 valence electrons. The van der Waals surface area contributed by atoms with E-state index in [0.29, 0.717) is 50.5 Å². The van der Waals surface area contributed by atoms with Crippen molar-refractivity contribution in [2.24, 2.45) is 0 Å². The van der Waals surface area contributed by atoms with Crippen LogP contribution in [0.4, 0.5) is 23.7 Å².